The van der Waals surface area contributed by atoms with E-state index in [1.54, 1.807) is 25.2 Å². The van der Waals surface area contributed by atoms with Gasteiger partial charge >= 0.3 is 0 Å². The van der Waals surface area contributed by atoms with Gasteiger partial charge in [-0.2, -0.15) is 5.10 Å². The fourth-order valence-electron chi connectivity index (χ4n) is 2.34. The summed E-state index contributed by atoms with van der Waals surface area (Å²) >= 11 is 12.2. The topological polar surface area (TPSA) is 94.5 Å². The zero-order valence-electron chi connectivity index (χ0n) is 12.1. The number of aliphatic hydroxyl groups is 1. The molecule has 1 atom stereocenters. The van der Waals surface area contributed by atoms with Gasteiger partial charge in [0.15, 0.2) is 5.82 Å². The van der Waals surface area contributed by atoms with Crippen LogP contribution in [0.5, 0.6) is 0 Å². The molecule has 1 aromatic carbocycles. The SMILES string of the molecule is Cn1nnnc1CC(O)(Cn1cncn1)c1ccc(Cl)cc1Cl. The van der Waals surface area contributed by atoms with Crippen molar-refractivity contribution in [3.05, 3.63) is 52.3 Å². The quantitative estimate of drug-likeness (QED) is 0.741. The molecule has 3 aromatic rings. The summed E-state index contributed by atoms with van der Waals surface area (Å²) in [4.78, 5) is 3.89. The number of nitrogens with zero attached hydrogens (tertiary/aromatic N) is 7. The van der Waals surface area contributed by atoms with E-state index in [0.717, 1.165) is 0 Å². The standard InChI is InChI=1S/C13H13Cl2N7O/c1-21-12(18-19-20-21)5-13(23,6-22-8-16-7-17-22)10-3-2-9(14)4-11(10)15/h2-4,7-8,23H,5-6H2,1H3. The molecule has 8 nitrogen and oxygen atoms in total. The van der Waals surface area contributed by atoms with Gasteiger partial charge in [-0.25, -0.2) is 14.3 Å². The van der Waals surface area contributed by atoms with E-state index < -0.39 is 5.60 Å². The summed E-state index contributed by atoms with van der Waals surface area (Å²) < 4.78 is 3.02. The fraction of sp³-hybridized carbons (Fsp3) is 0.308. The number of halogens is 2. The van der Waals surface area contributed by atoms with Crippen molar-refractivity contribution in [2.45, 2.75) is 18.6 Å². The molecule has 0 saturated heterocycles. The predicted molar refractivity (Wildman–Crippen MR) is 82.9 cm³/mol. The highest BCUT2D eigenvalue weighted by Gasteiger charge is 2.34. The molecule has 0 saturated carbocycles. The van der Waals surface area contributed by atoms with Gasteiger partial charge < -0.3 is 5.11 Å². The van der Waals surface area contributed by atoms with Gasteiger partial charge in [-0.1, -0.05) is 29.3 Å². The number of hydrogen-bond donors (Lipinski definition) is 1. The van der Waals surface area contributed by atoms with Crippen molar-refractivity contribution in [1.29, 1.82) is 0 Å². The Balaban J connectivity index is 2.03. The predicted octanol–water partition coefficient (Wildman–Crippen LogP) is 1.24. The fourth-order valence-corrected chi connectivity index (χ4v) is 2.93. The minimum absolute atomic E-state index is 0.140. The number of benzene rings is 1. The molecule has 23 heavy (non-hydrogen) atoms. The minimum atomic E-state index is -1.38. The second-order valence-corrected chi connectivity index (χ2v) is 5.99. The lowest BCUT2D eigenvalue weighted by Gasteiger charge is -2.28. The van der Waals surface area contributed by atoms with Crippen LogP contribution in [0.15, 0.2) is 30.9 Å². The average Bonchev–Trinajstić information content (AvgIpc) is 3.11. The van der Waals surface area contributed by atoms with Crippen LogP contribution < -0.4 is 0 Å². The third-order valence-electron chi connectivity index (χ3n) is 3.48. The highest BCUT2D eigenvalue weighted by Crippen LogP contribution is 2.34. The van der Waals surface area contributed by atoms with Crippen LogP contribution in [0.4, 0.5) is 0 Å². The Hall–Kier alpha value is -2.03. The molecule has 3 rings (SSSR count). The van der Waals surface area contributed by atoms with E-state index in [0.29, 0.717) is 21.4 Å². The summed E-state index contributed by atoms with van der Waals surface area (Å²) in [5.41, 5.74) is -0.861. The maximum atomic E-state index is 11.3. The van der Waals surface area contributed by atoms with Gasteiger partial charge in [0.2, 0.25) is 0 Å². The van der Waals surface area contributed by atoms with Crippen molar-refractivity contribution in [3.8, 4) is 0 Å². The van der Waals surface area contributed by atoms with Crippen LogP contribution in [0.1, 0.15) is 11.4 Å². The summed E-state index contributed by atoms with van der Waals surface area (Å²) in [5, 5.41) is 27.5. The number of tetrazole rings is 1. The molecular formula is C13H13Cl2N7O. The molecule has 2 aromatic heterocycles. The first-order chi connectivity index (χ1) is 11.0. The highest BCUT2D eigenvalue weighted by atomic mass is 35.5. The van der Waals surface area contributed by atoms with Gasteiger partial charge in [0, 0.05) is 29.1 Å². The molecule has 10 heteroatoms. The molecule has 0 amide bonds. The monoisotopic (exact) mass is 353 g/mol. The molecule has 0 aliphatic rings. The molecule has 120 valence electrons. The molecule has 1 unspecified atom stereocenters. The lowest BCUT2D eigenvalue weighted by Crippen LogP contribution is -2.35. The first-order valence-electron chi connectivity index (χ1n) is 6.69. The highest BCUT2D eigenvalue weighted by molar-refractivity contribution is 6.35. The van der Waals surface area contributed by atoms with Crippen LogP contribution in [0.3, 0.4) is 0 Å². The van der Waals surface area contributed by atoms with Gasteiger partial charge in [0.05, 0.1) is 6.54 Å². The maximum Gasteiger partial charge on any atom is 0.154 e. The zero-order chi connectivity index (χ0) is 16.4. The van der Waals surface area contributed by atoms with Crippen molar-refractivity contribution < 1.29 is 5.11 Å². The first-order valence-corrected chi connectivity index (χ1v) is 7.45. The van der Waals surface area contributed by atoms with Crippen molar-refractivity contribution in [3.63, 3.8) is 0 Å². The van der Waals surface area contributed by atoms with E-state index in [9.17, 15) is 5.11 Å². The van der Waals surface area contributed by atoms with E-state index in [1.807, 2.05) is 0 Å². The third kappa shape index (κ3) is 3.34. The summed E-state index contributed by atoms with van der Waals surface area (Å²) in [6, 6.07) is 4.94. The Labute approximate surface area is 141 Å². The molecular weight excluding hydrogens is 341 g/mol. The second kappa shape index (κ2) is 6.23. The third-order valence-corrected chi connectivity index (χ3v) is 4.03. The van der Waals surface area contributed by atoms with Crippen molar-refractivity contribution >= 4 is 23.2 Å². The van der Waals surface area contributed by atoms with Crippen molar-refractivity contribution in [2.24, 2.45) is 7.05 Å². The molecule has 0 bridgehead atoms. The van der Waals surface area contributed by atoms with Gasteiger partial charge in [-0.05, 0) is 22.6 Å². The lowest BCUT2D eigenvalue weighted by molar-refractivity contribution is 0.0125. The van der Waals surface area contributed by atoms with Crippen molar-refractivity contribution in [2.75, 3.05) is 0 Å². The molecule has 1 N–H and O–H groups in total. The van der Waals surface area contributed by atoms with Crippen LogP contribution >= 0.6 is 23.2 Å². The Morgan fingerprint density at radius 1 is 1.30 bits per heavy atom. The van der Waals surface area contributed by atoms with Crippen LogP contribution in [0.2, 0.25) is 10.0 Å². The van der Waals surface area contributed by atoms with Gasteiger partial charge in [0.1, 0.15) is 18.3 Å². The van der Waals surface area contributed by atoms with Crippen LogP contribution in [-0.2, 0) is 25.6 Å². The summed E-state index contributed by atoms with van der Waals surface area (Å²) in [6.45, 7) is 0.140. The Morgan fingerprint density at radius 2 is 2.13 bits per heavy atom. The van der Waals surface area contributed by atoms with Gasteiger partial charge in [-0.3, -0.25) is 0 Å². The normalized spacial score (nSPS) is 13.9. The molecule has 0 aliphatic heterocycles. The van der Waals surface area contributed by atoms with E-state index in [1.165, 1.54) is 22.0 Å². The number of aryl methyl sites for hydroxylation is 1. The van der Waals surface area contributed by atoms with Gasteiger partial charge in [-0.15, -0.1) is 5.10 Å². The molecule has 0 spiro atoms. The molecule has 0 aliphatic carbocycles. The molecule has 0 radical (unpaired) electrons. The van der Waals surface area contributed by atoms with Crippen LogP contribution in [0, 0.1) is 0 Å². The average molecular weight is 354 g/mol. The van der Waals surface area contributed by atoms with E-state index >= 15 is 0 Å². The summed E-state index contributed by atoms with van der Waals surface area (Å²) in [6.07, 6.45) is 3.06. The maximum absolute atomic E-state index is 11.3. The largest absolute Gasteiger partial charge is 0.383 e. The number of rotatable bonds is 5. The van der Waals surface area contributed by atoms with Gasteiger partial charge in [0.25, 0.3) is 0 Å². The molecule has 0 fully saturated rings. The second-order valence-electron chi connectivity index (χ2n) is 5.14. The van der Waals surface area contributed by atoms with Crippen LogP contribution in [-0.4, -0.2) is 40.1 Å². The summed E-state index contributed by atoms with van der Waals surface area (Å²) in [7, 11) is 1.70. The van der Waals surface area contributed by atoms with E-state index in [4.69, 9.17) is 23.2 Å². The Kier molecular flexibility index (Phi) is 4.29. The van der Waals surface area contributed by atoms with Crippen LogP contribution in [0.25, 0.3) is 0 Å². The number of hydrogen-bond acceptors (Lipinski definition) is 6. The Bertz CT molecular complexity index is 805. The first kappa shape index (κ1) is 15.9. The smallest absolute Gasteiger partial charge is 0.154 e. The zero-order valence-corrected chi connectivity index (χ0v) is 13.6. The van der Waals surface area contributed by atoms with Crippen molar-refractivity contribution in [1.82, 2.24) is 35.0 Å². The van der Waals surface area contributed by atoms with E-state index in [-0.39, 0.29) is 13.0 Å². The summed E-state index contributed by atoms with van der Waals surface area (Å²) in [5.74, 6) is 0.513. The molecule has 2 heterocycles. The minimum Gasteiger partial charge on any atom is -0.383 e. The number of aromatic nitrogens is 7. The van der Waals surface area contributed by atoms with E-state index in [2.05, 4.69) is 25.6 Å². The lowest BCUT2D eigenvalue weighted by atomic mass is 9.89. The Morgan fingerprint density at radius 3 is 2.74 bits per heavy atom.